The second-order valence-corrected chi connectivity index (χ2v) is 2.68. The topological polar surface area (TPSA) is 26.3 Å². The molecule has 0 saturated carbocycles. The van der Waals surface area contributed by atoms with Crippen molar-refractivity contribution in [2.75, 3.05) is 7.11 Å². The standard InChI is InChI=1S/C10H12O2/c1-8-6-4-3-5-7-9(8)10(11)12-2/h3-7,9H,1-2H3. The van der Waals surface area contributed by atoms with E-state index in [9.17, 15) is 4.79 Å². The normalized spacial score (nSPS) is 21.5. The van der Waals surface area contributed by atoms with Gasteiger partial charge in [-0.1, -0.05) is 36.0 Å². The van der Waals surface area contributed by atoms with Crippen molar-refractivity contribution in [3.63, 3.8) is 0 Å². The highest BCUT2D eigenvalue weighted by atomic mass is 16.5. The van der Waals surface area contributed by atoms with Gasteiger partial charge in [-0.2, -0.15) is 0 Å². The average Bonchev–Trinajstić information content (AvgIpc) is 2.28. The molecule has 1 unspecified atom stereocenters. The second-order valence-electron chi connectivity index (χ2n) is 2.68. The Morgan fingerprint density at radius 1 is 1.42 bits per heavy atom. The fourth-order valence-electron chi connectivity index (χ4n) is 1.09. The first kappa shape index (κ1) is 8.78. The van der Waals surface area contributed by atoms with Crippen molar-refractivity contribution < 1.29 is 9.53 Å². The summed E-state index contributed by atoms with van der Waals surface area (Å²) in [4.78, 5) is 11.2. The number of rotatable bonds is 1. The zero-order valence-electron chi connectivity index (χ0n) is 7.28. The molecule has 1 rings (SSSR count). The van der Waals surface area contributed by atoms with Gasteiger partial charge < -0.3 is 4.74 Å². The van der Waals surface area contributed by atoms with Gasteiger partial charge in [0, 0.05) is 0 Å². The number of esters is 1. The minimum absolute atomic E-state index is 0.205. The van der Waals surface area contributed by atoms with Gasteiger partial charge in [0.2, 0.25) is 0 Å². The third-order valence-corrected chi connectivity index (χ3v) is 1.83. The SMILES string of the molecule is COC(=O)C1C=CC=CC=C1C. The van der Waals surface area contributed by atoms with Crippen molar-refractivity contribution in [1.29, 1.82) is 0 Å². The van der Waals surface area contributed by atoms with E-state index in [4.69, 9.17) is 0 Å². The Hall–Kier alpha value is -1.31. The van der Waals surface area contributed by atoms with Gasteiger partial charge in [-0.05, 0) is 6.92 Å². The highest BCUT2D eigenvalue weighted by molar-refractivity contribution is 5.78. The molecule has 2 heteroatoms. The van der Waals surface area contributed by atoms with Crippen LogP contribution in [0.5, 0.6) is 0 Å². The second kappa shape index (κ2) is 3.90. The molecular formula is C10H12O2. The summed E-state index contributed by atoms with van der Waals surface area (Å²) in [5.41, 5.74) is 1.01. The number of carbonyl (C=O) groups excluding carboxylic acids is 1. The molecule has 1 aliphatic rings. The van der Waals surface area contributed by atoms with Gasteiger partial charge in [-0.3, -0.25) is 4.79 Å². The van der Waals surface area contributed by atoms with Crippen LogP contribution >= 0.6 is 0 Å². The fourth-order valence-corrected chi connectivity index (χ4v) is 1.09. The van der Waals surface area contributed by atoms with E-state index in [0.29, 0.717) is 0 Å². The van der Waals surface area contributed by atoms with Crippen LogP contribution in [0.15, 0.2) is 36.0 Å². The van der Waals surface area contributed by atoms with E-state index >= 15 is 0 Å². The maximum Gasteiger partial charge on any atom is 0.316 e. The van der Waals surface area contributed by atoms with Gasteiger partial charge in [-0.25, -0.2) is 0 Å². The summed E-state index contributed by atoms with van der Waals surface area (Å²) >= 11 is 0. The van der Waals surface area contributed by atoms with Crippen molar-refractivity contribution in [1.82, 2.24) is 0 Å². The summed E-state index contributed by atoms with van der Waals surface area (Å²) in [6, 6.07) is 0. The Morgan fingerprint density at radius 3 is 2.83 bits per heavy atom. The van der Waals surface area contributed by atoms with Crippen molar-refractivity contribution in [3.8, 4) is 0 Å². The van der Waals surface area contributed by atoms with Crippen molar-refractivity contribution in [2.24, 2.45) is 5.92 Å². The molecule has 0 spiro atoms. The molecule has 64 valence electrons. The minimum atomic E-state index is -0.218. The predicted octanol–water partition coefficient (Wildman–Crippen LogP) is 1.85. The Balaban J connectivity index is 2.83. The maximum absolute atomic E-state index is 11.2. The Bertz CT molecular complexity index is 259. The third-order valence-electron chi connectivity index (χ3n) is 1.83. The molecule has 1 aliphatic carbocycles. The minimum Gasteiger partial charge on any atom is -0.468 e. The lowest BCUT2D eigenvalue weighted by Gasteiger charge is -2.08. The molecule has 0 aromatic carbocycles. The van der Waals surface area contributed by atoms with E-state index in [2.05, 4.69) is 4.74 Å². The summed E-state index contributed by atoms with van der Waals surface area (Å²) < 4.78 is 4.66. The monoisotopic (exact) mass is 164 g/mol. The first-order chi connectivity index (χ1) is 5.75. The smallest absolute Gasteiger partial charge is 0.316 e. The van der Waals surface area contributed by atoms with E-state index in [1.54, 1.807) is 0 Å². The molecule has 0 aromatic rings. The molecule has 0 aliphatic heterocycles. The average molecular weight is 164 g/mol. The van der Waals surface area contributed by atoms with Crippen LogP contribution in [0, 0.1) is 5.92 Å². The number of hydrogen-bond acceptors (Lipinski definition) is 2. The van der Waals surface area contributed by atoms with Gasteiger partial charge in [0.05, 0.1) is 13.0 Å². The van der Waals surface area contributed by atoms with Crippen LogP contribution < -0.4 is 0 Å². The number of carbonyl (C=O) groups is 1. The van der Waals surface area contributed by atoms with Crippen molar-refractivity contribution in [2.45, 2.75) is 6.92 Å². The first-order valence-corrected chi connectivity index (χ1v) is 3.85. The van der Waals surface area contributed by atoms with E-state index in [-0.39, 0.29) is 11.9 Å². The third kappa shape index (κ3) is 1.84. The van der Waals surface area contributed by atoms with E-state index in [0.717, 1.165) is 5.57 Å². The van der Waals surface area contributed by atoms with Gasteiger partial charge in [0.15, 0.2) is 0 Å². The molecule has 2 nitrogen and oxygen atoms in total. The summed E-state index contributed by atoms with van der Waals surface area (Å²) in [6.07, 6.45) is 9.42. The lowest BCUT2D eigenvalue weighted by molar-refractivity contribution is -0.142. The number of methoxy groups -OCH3 is 1. The molecule has 0 fully saturated rings. The van der Waals surface area contributed by atoms with Crippen LogP contribution in [0.2, 0.25) is 0 Å². The fraction of sp³-hybridized carbons (Fsp3) is 0.300. The molecule has 0 heterocycles. The summed E-state index contributed by atoms with van der Waals surface area (Å²) in [6.45, 7) is 1.92. The van der Waals surface area contributed by atoms with Crippen LogP contribution in [0.3, 0.4) is 0 Å². The molecule has 0 amide bonds. The number of allylic oxidation sites excluding steroid dienone is 4. The quantitative estimate of drug-likeness (QED) is 0.553. The van der Waals surface area contributed by atoms with E-state index in [1.165, 1.54) is 7.11 Å². The van der Waals surface area contributed by atoms with Crippen LogP contribution in [0.25, 0.3) is 0 Å². The summed E-state index contributed by atoms with van der Waals surface area (Å²) in [7, 11) is 1.40. The summed E-state index contributed by atoms with van der Waals surface area (Å²) in [5, 5.41) is 0. The molecule has 0 bridgehead atoms. The largest absolute Gasteiger partial charge is 0.468 e. The maximum atomic E-state index is 11.2. The van der Waals surface area contributed by atoms with E-state index < -0.39 is 0 Å². The summed E-state index contributed by atoms with van der Waals surface area (Å²) in [5.74, 6) is -0.423. The van der Waals surface area contributed by atoms with Crippen molar-refractivity contribution in [3.05, 3.63) is 36.0 Å². The highest BCUT2D eigenvalue weighted by Gasteiger charge is 2.17. The van der Waals surface area contributed by atoms with Crippen LogP contribution in [0.1, 0.15) is 6.92 Å². The van der Waals surface area contributed by atoms with Crippen molar-refractivity contribution >= 4 is 5.97 Å². The van der Waals surface area contributed by atoms with Gasteiger partial charge in [-0.15, -0.1) is 0 Å². The van der Waals surface area contributed by atoms with Gasteiger partial charge in [0.1, 0.15) is 0 Å². The molecule has 0 saturated heterocycles. The Kier molecular flexibility index (Phi) is 2.86. The molecule has 1 atom stereocenters. The van der Waals surface area contributed by atoms with Crippen LogP contribution in [-0.2, 0) is 9.53 Å². The molecule has 0 aromatic heterocycles. The van der Waals surface area contributed by atoms with E-state index in [1.807, 2.05) is 37.3 Å². The van der Waals surface area contributed by atoms with Gasteiger partial charge in [0.25, 0.3) is 0 Å². The first-order valence-electron chi connectivity index (χ1n) is 3.85. The molecule has 0 radical (unpaired) electrons. The zero-order chi connectivity index (χ0) is 8.97. The van der Waals surface area contributed by atoms with Crippen LogP contribution in [-0.4, -0.2) is 13.1 Å². The predicted molar refractivity (Wildman–Crippen MR) is 47.5 cm³/mol. The zero-order valence-corrected chi connectivity index (χ0v) is 7.28. The number of hydrogen-bond donors (Lipinski definition) is 0. The lowest BCUT2D eigenvalue weighted by atomic mass is 10.0. The Morgan fingerprint density at radius 2 is 2.17 bits per heavy atom. The molecule has 0 N–H and O–H groups in total. The van der Waals surface area contributed by atoms with Crippen LogP contribution in [0.4, 0.5) is 0 Å². The van der Waals surface area contributed by atoms with Gasteiger partial charge >= 0.3 is 5.97 Å². The molecular weight excluding hydrogens is 152 g/mol. The lowest BCUT2D eigenvalue weighted by Crippen LogP contribution is -2.14. The molecule has 12 heavy (non-hydrogen) atoms. The highest BCUT2D eigenvalue weighted by Crippen LogP contribution is 2.16. The Labute approximate surface area is 72.2 Å². The number of ether oxygens (including phenoxy) is 1.